The summed E-state index contributed by atoms with van der Waals surface area (Å²) in [6.45, 7) is 10.6. The SMILES string of the molecule is CC[NH+](CC)CCC[C@@H](C)NC(=O)CCCN1C(=O)COc2ccccc21. The van der Waals surface area contributed by atoms with E-state index < -0.39 is 0 Å². The minimum atomic E-state index is -0.0543. The van der Waals surface area contributed by atoms with Crippen LogP contribution in [0.5, 0.6) is 5.75 Å². The molecule has 0 saturated carbocycles. The van der Waals surface area contributed by atoms with Crippen LogP contribution in [-0.4, -0.2) is 50.6 Å². The van der Waals surface area contributed by atoms with Gasteiger partial charge in [-0.2, -0.15) is 0 Å². The van der Waals surface area contributed by atoms with Gasteiger partial charge in [0.1, 0.15) is 5.75 Å². The highest BCUT2D eigenvalue weighted by Gasteiger charge is 2.24. The Balaban J connectivity index is 1.69. The first-order valence-electron chi connectivity index (χ1n) is 10.2. The number of benzene rings is 1. The third-order valence-corrected chi connectivity index (χ3v) is 5.17. The first-order chi connectivity index (χ1) is 13.0. The molecule has 0 saturated heterocycles. The van der Waals surface area contributed by atoms with Crippen LogP contribution < -0.4 is 19.9 Å². The number of para-hydroxylation sites is 2. The van der Waals surface area contributed by atoms with Gasteiger partial charge >= 0.3 is 0 Å². The summed E-state index contributed by atoms with van der Waals surface area (Å²) in [6.07, 6.45) is 3.20. The minimum Gasteiger partial charge on any atom is -0.482 e. The highest BCUT2D eigenvalue weighted by Crippen LogP contribution is 2.31. The van der Waals surface area contributed by atoms with Crippen LogP contribution in [0.2, 0.25) is 0 Å². The van der Waals surface area contributed by atoms with E-state index in [9.17, 15) is 9.59 Å². The van der Waals surface area contributed by atoms with Crippen molar-refractivity contribution in [3.63, 3.8) is 0 Å². The topological polar surface area (TPSA) is 63.1 Å². The predicted molar refractivity (Wildman–Crippen MR) is 107 cm³/mol. The zero-order valence-electron chi connectivity index (χ0n) is 16.9. The number of amides is 2. The molecule has 1 aromatic rings. The lowest BCUT2D eigenvalue weighted by atomic mass is 10.1. The van der Waals surface area contributed by atoms with Gasteiger partial charge in [0, 0.05) is 19.0 Å². The van der Waals surface area contributed by atoms with Crippen LogP contribution in [0, 0.1) is 0 Å². The second-order valence-electron chi connectivity index (χ2n) is 7.22. The Morgan fingerprint density at radius 2 is 2.00 bits per heavy atom. The Morgan fingerprint density at radius 3 is 2.74 bits per heavy atom. The number of hydrogen-bond acceptors (Lipinski definition) is 3. The summed E-state index contributed by atoms with van der Waals surface area (Å²) in [5.74, 6) is 0.735. The van der Waals surface area contributed by atoms with Crippen molar-refractivity contribution >= 4 is 17.5 Å². The lowest BCUT2D eigenvalue weighted by Gasteiger charge is -2.29. The third kappa shape index (κ3) is 6.54. The van der Waals surface area contributed by atoms with E-state index in [1.54, 1.807) is 9.80 Å². The monoisotopic (exact) mass is 376 g/mol. The van der Waals surface area contributed by atoms with Crippen molar-refractivity contribution in [1.29, 1.82) is 0 Å². The van der Waals surface area contributed by atoms with Gasteiger partial charge in [-0.15, -0.1) is 0 Å². The number of carbonyl (C=O) groups is 2. The lowest BCUT2D eigenvalue weighted by Crippen LogP contribution is -3.11. The molecule has 6 heteroatoms. The molecule has 27 heavy (non-hydrogen) atoms. The normalized spacial score (nSPS) is 14.7. The van der Waals surface area contributed by atoms with Crippen molar-refractivity contribution in [3.8, 4) is 5.75 Å². The van der Waals surface area contributed by atoms with E-state index in [0.717, 1.165) is 43.9 Å². The molecule has 0 aromatic heterocycles. The quantitative estimate of drug-likeness (QED) is 0.614. The maximum Gasteiger partial charge on any atom is 0.265 e. The molecule has 0 spiro atoms. The number of fused-ring (bicyclic) bond motifs is 1. The van der Waals surface area contributed by atoms with Crippen LogP contribution in [0.1, 0.15) is 46.5 Å². The maximum atomic E-state index is 12.2. The third-order valence-electron chi connectivity index (χ3n) is 5.17. The van der Waals surface area contributed by atoms with Gasteiger partial charge in [0.05, 0.1) is 25.3 Å². The molecule has 150 valence electrons. The van der Waals surface area contributed by atoms with Crippen LogP contribution in [-0.2, 0) is 9.59 Å². The Bertz CT molecular complexity index is 616. The molecule has 1 atom stereocenters. The van der Waals surface area contributed by atoms with Gasteiger partial charge in [0.25, 0.3) is 5.91 Å². The van der Waals surface area contributed by atoms with E-state index in [1.807, 2.05) is 24.3 Å². The van der Waals surface area contributed by atoms with E-state index in [0.29, 0.717) is 19.4 Å². The number of rotatable bonds is 11. The molecule has 0 aliphatic carbocycles. The second-order valence-corrected chi connectivity index (χ2v) is 7.22. The summed E-state index contributed by atoms with van der Waals surface area (Å²) < 4.78 is 5.44. The van der Waals surface area contributed by atoms with Crippen molar-refractivity contribution < 1.29 is 19.2 Å². The number of nitrogens with one attached hydrogen (secondary N) is 2. The maximum absolute atomic E-state index is 12.2. The van der Waals surface area contributed by atoms with E-state index in [4.69, 9.17) is 4.74 Å². The molecule has 1 aliphatic heterocycles. The highest BCUT2D eigenvalue weighted by atomic mass is 16.5. The van der Waals surface area contributed by atoms with Crippen molar-refractivity contribution in [1.82, 2.24) is 5.32 Å². The van der Waals surface area contributed by atoms with Crippen molar-refractivity contribution in [2.75, 3.05) is 37.7 Å². The number of quaternary nitrogens is 1. The van der Waals surface area contributed by atoms with E-state index in [-0.39, 0.29) is 24.5 Å². The number of hydrogen-bond donors (Lipinski definition) is 2. The molecular formula is C21H34N3O3+. The largest absolute Gasteiger partial charge is 0.482 e. The molecule has 0 radical (unpaired) electrons. The van der Waals surface area contributed by atoms with Gasteiger partial charge in [-0.3, -0.25) is 9.59 Å². The lowest BCUT2D eigenvalue weighted by molar-refractivity contribution is -0.896. The summed E-state index contributed by atoms with van der Waals surface area (Å²) >= 11 is 0. The summed E-state index contributed by atoms with van der Waals surface area (Å²) in [4.78, 5) is 27.6. The zero-order valence-corrected chi connectivity index (χ0v) is 16.9. The number of ether oxygens (including phenoxy) is 1. The van der Waals surface area contributed by atoms with Gasteiger partial charge in [0.2, 0.25) is 5.91 Å². The van der Waals surface area contributed by atoms with E-state index in [1.165, 1.54) is 0 Å². The molecule has 2 N–H and O–H groups in total. The Morgan fingerprint density at radius 1 is 1.26 bits per heavy atom. The van der Waals surface area contributed by atoms with Crippen molar-refractivity contribution in [3.05, 3.63) is 24.3 Å². The molecule has 2 amide bonds. The van der Waals surface area contributed by atoms with Gasteiger partial charge in [-0.25, -0.2) is 0 Å². The Hall–Kier alpha value is -2.08. The molecule has 2 rings (SSSR count). The second kappa shape index (κ2) is 10.9. The number of nitrogens with zero attached hydrogens (tertiary/aromatic N) is 1. The fourth-order valence-corrected chi connectivity index (χ4v) is 3.48. The van der Waals surface area contributed by atoms with E-state index >= 15 is 0 Å². The number of carbonyl (C=O) groups excluding carboxylic acids is 2. The first-order valence-corrected chi connectivity index (χ1v) is 10.2. The molecule has 0 fully saturated rings. The molecule has 1 aliphatic rings. The van der Waals surface area contributed by atoms with E-state index in [2.05, 4.69) is 26.1 Å². The Kier molecular flexibility index (Phi) is 8.58. The molecule has 6 nitrogen and oxygen atoms in total. The van der Waals surface area contributed by atoms with Crippen molar-refractivity contribution in [2.45, 2.75) is 52.5 Å². The number of anilines is 1. The average molecular weight is 377 g/mol. The van der Waals surface area contributed by atoms with Crippen molar-refractivity contribution in [2.24, 2.45) is 0 Å². The summed E-state index contributed by atoms with van der Waals surface area (Å²) in [5, 5.41) is 3.08. The highest BCUT2D eigenvalue weighted by molar-refractivity contribution is 5.97. The van der Waals surface area contributed by atoms with Gasteiger partial charge in [-0.05, 0) is 52.2 Å². The fraction of sp³-hybridized carbons (Fsp3) is 0.619. The minimum absolute atomic E-state index is 0.0543. The molecule has 1 heterocycles. The van der Waals surface area contributed by atoms with Crippen LogP contribution >= 0.6 is 0 Å². The molecule has 0 unspecified atom stereocenters. The van der Waals surface area contributed by atoms with Gasteiger partial charge in [-0.1, -0.05) is 12.1 Å². The Labute approximate surface area is 162 Å². The van der Waals surface area contributed by atoms with Gasteiger partial charge < -0.3 is 19.9 Å². The van der Waals surface area contributed by atoms with Crippen LogP contribution in [0.25, 0.3) is 0 Å². The summed E-state index contributed by atoms with van der Waals surface area (Å²) in [6, 6.07) is 7.72. The molecule has 1 aromatic carbocycles. The molecular weight excluding hydrogens is 342 g/mol. The average Bonchev–Trinajstić information content (AvgIpc) is 2.67. The summed E-state index contributed by atoms with van der Waals surface area (Å²) in [5.41, 5.74) is 0.793. The van der Waals surface area contributed by atoms with Crippen LogP contribution in [0.15, 0.2) is 24.3 Å². The van der Waals surface area contributed by atoms with Crippen LogP contribution in [0.3, 0.4) is 0 Å². The zero-order chi connectivity index (χ0) is 19.6. The van der Waals surface area contributed by atoms with Gasteiger partial charge in [0.15, 0.2) is 6.61 Å². The smallest absolute Gasteiger partial charge is 0.265 e. The molecule has 0 bridgehead atoms. The fourth-order valence-electron chi connectivity index (χ4n) is 3.48. The first kappa shape index (κ1) is 21.2. The standard InChI is InChI=1S/C21H33N3O3/c1-4-23(5-2)14-8-10-17(3)22-20(25)13-9-15-24-18-11-6-7-12-19(18)27-16-21(24)26/h6-7,11-12,17H,4-5,8-10,13-16H2,1-3H3,(H,22,25)/p+1/t17-/m1/s1. The summed E-state index contributed by atoms with van der Waals surface area (Å²) in [7, 11) is 0. The predicted octanol–water partition coefficient (Wildman–Crippen LogP) is 1.40. The van der Waals surface area contributed by atoms with Crippen LogP contribution in [0.4, 0.5) is 5.69 Å².